The standard InChI is InChI=1S/C9H18N2O4.C6H15N/c1-5-14-7(12)6-10-11-8(13)15-9(2,3)4;1-4-7(5-2)6-3/h10H,5-6H2,1-4H3,(H,11,13);4-6H2,1-3H3. The molecule has 132 valence electrons. The molecular formula is C15H33N3O4. The van der Waals surface area contributed by atoms with Gasteiger partial charge >= 0.3 is 12.1 Å². The van der Waals surface area contributed by atoms with Crippen LogP contribution in [0.15, 0.2) is 0 Å². The maximum atomic E-state index is 11.1. The second-order valence-corrected chi connectivity index (χ2v) is 5.40. The molecule has 0 saturated carbocycles. The van der Waals surface area contributed by atoms with Crippen LogP contribution in [0.5, 0.6) is 0 Å². The first-order chi connectivity index (χ1) is 10.2. The van der Waals surface area contributed by atoms with Crippen LogP contribution < -0.4 is 10.9 Å². The van der Waals surface area contributed by atoms with Gasteiger partial charge in [0.1, 0.15) is 12.1 Å². The summed E-state index contributed by atoms with van der Waals surface area (Å²) in [5.74, 6) is -0.437. The number of carbonyl (C=O) groups excluding carboxylic acids is 2. The first-order valence-electron chi connectivity index (χ1n) is 7.79. The maximum Gasteiger partial charge on any atom is 0.422 e. The number of hydrogen-bond donors (Lipinski definition) is 2. The normalized spacial score (nSPS) is 10.5. The lowest BCUT2D eigenvalue weighted by atomic mass is 10.2. The highest BCUT2D eigenvalue weighted by Gasteiger charge is 2.15. The van der Waals surface area contributed by atoms with E-state index in [1.165, 1.54) is 19.6 Å². The number of amides is 1. The number of hydrazine groups is 1. The maximum absolute atomic E-state index is 11.1. The van der Waals surface area contributed by atoms with Gasteiger partial charge in [-0.15, -0.1) is 0 Å². The third-order valence-electron chi connectivity index (χ3n) is 2.47. The molecule has 0 spiro atoms. The van der Waals surface area contributed by atoms with Crippen LogP contribution in [0.4, 0.5) is 4.79 Å². The van der Waals surface area contributed by atoms with Crippen LogP contribution in [-0.2, 0) is 14.3 Å². The Morgan fingerprint density at radius 2 is 1.50 bits per heavy atom. The van der Waals surface area contributed by atoms with Gasteiger partial charge in [0.25, 0.3) is 0 Å². The fraction of sp³-hybridized carbons (Fsp3) is 0.867. The number of carbonyl (C=O) groups is 2. The Morgan fingerprint density at radius 3 is 1.82 bits per heavy atom. The van der Waals surface area contributed by atoms with Crippen molar-refractivity contribution in [2.45, 2.75) is 54.1 Å². The molecule has 22 heavy (non-hydrogen) atoms. The molecule has 0 rings (SSSR count). The molecule has 0 aliphatic carbocycles. The van der Waals surface area contributed by atoms with Crippen molar-refractivity contribution in [3.05, 3.63) is 0 Å². The average molecular weight is 319 g/mol. The molecule has 0 unspecified atom stereocenters. The number of hydrogen-bond acceptors (Lipinski definition) is 6. The molecule has 1 amide bonds. The molecule has 0 aromatic rings. The van der Waals surface area contributed by atoms with Gasteiger partial charge in [0, 0.05) is 0 Å². The minimum Gasteiger partial charge on any atom is -0.465 e. The Balaban J connectivity index is 0. The summed E-state index contributed by atoms with van der Waals surface area (Å²) < 4.78 is 9.55. The highest BCUT2D eigenvalue weighted by molar-refractivity contribution is 5.72. The number of nitrogens with one attached hydrogen (secondary N) is 2. The Kier molecular flexibility index (Phi) is 13.9. The summed E-state index contributed by atoms with van der Waals surface area (Å²) in [6.07, 6.45) is -0.633. The molecule has 0 radical (unpaired) electrons. The van der Waals surface area contributed by atoms with Gasteiger partial charge in [-0.3, -0.25) is 10.2 Å². The lowest BCUT2D eigenvalue weighted by Crippen LogP contribution is -2.43. The van der Waals surface area contributed by atoms with Gasteiger partial charge in [0.05, 0.1) is 6.61 Å². The van der Waals surface area contributed by atoms with Gasteiger partial charge in [-0.1, -0.05) is 20.8 Å². The molecule has 0 fully saturated rings. The second kappa shape index (κ2) is 13.3. The van der Waals surface area contributed by atoms with E-state index < -0.39 is 17.7 Å². The monoisotopic (exact) mass is 319 g/mol. The van der Waals surface area contributed by atoms with Crippen molar-refractivity contribution >= 4 is 12.1 Å². The van der Waals surface area contributed by atoms with Crippen LogP contribution in [0.25, 0.3) is 0 Å². The highest BCUT2D eigenvalue weighted by atomic mass is 16.6. The van der Waals surface area contributed by atoms with Gasteiger partial charge in [-0.2, -0.15) is 0 Å². The van der Waals surface area contributed by atoms with Gasteiger partial charge in [0.2, 0.25) is 0 Å². The molecule has 0 heterocycles. The van der Waals surface area contributed by atoms with E-state index in [0.717, 1.165) is 0 Å². The second-order valence-electron chi connectivity index (χ2n) is 5.40. The first-order valence-corrected chi connectivity index (χ1v) is 7.79. The van der Waals surface area contributed by atoms with E-state index in [4.69, 9.17) is 4.74 Å². The summed E-state index contributed by atoms with van der Waals surface area (Å²) in [6.45, 7) is 17.3. The summed E-state index contributed by atoms with van der Waals surface area (Å²) in [4.78, 5) is 24.3. The number of esters is 1. The molecule has 0 bridgehead atoms. The van der Waals surface area contributed by atoms with Crippen LogP contribution in [-0.4, -0.2) is 55.3 Å². The van der Waals surface area contributed by atoms with E-state index in [9.17, 15) is 9.59 Å². The minimum absolute atomic E-state index is 0.0902. The summed E-state index contributed by atoms with van der Waals surface area (Å²) in [5, 5.41) is 0. The van der Waals surface area contributed by atoms with Crippen molar-refractivity contribution in [2.24, 2.45) is 0 Å². The molecular weight excluding hydrogens is 286 g/mol. The zero-order valence-corrected chi connectivity index (χ0v) is 15.1. The molecule has 0 atom stereocenters. The van der Waals surface area contributed by atoms with Crippen molar-refractivity contribution in [2.75, 3.05) is 32.8 Å². The number of nitrogens with zero attached hydrogens (tertiary/aromatic N) is 1. The molecule has 7 heteroatoms. The smallest absolute Gasteiger partial charge is 0.422 e. The fourth-order valence-corrected chi connectivity index (χ4v) is 1.37. The zero-order chi connectivity index (χ0) is 17.6. The van der Waals surface area contributed by atoms with Gasteiger partial charge in [-0.05, 0) is 47.3 Å². The van der Waals surface area contributed by atoms with Crippen molar-refractivity contribution in [3.8, 4) is 0 Å². The average Bonchev–Trinajstić information content (AvgIpc) is 2.39. The van der Waals surface area contributed by atoms with Crippen molar-refractivity contribution in [1.29, 1.82) is 0 Å². The molecule has 0 aromatic heterocycles. The van der Waals surface area contributed by atoms with Crippen LogP contribution in [0, 0.1) is 0 Å². The van der Waals surface area contributed by atoms with E-state index in [0.29, 0.717) is 6.61 Å². The Labute approximate surface area is 134 Å². The Morgan fingerprint density at radius 1 is 1.00 bits per heavy atom. The predicted octanol–water partition coefficient (Wildman–Crippen LogP) is 1.93. The first kappa shape index (κ1) is 22.9. The highest BCUT2D eigenvalue weighted by Crippen LogP contribution is 2.05. The SMILES string of the molecule is CCN(CC)CC.CCOC(=O)CNNC(=O)OC(C)(C)C. The largest absolute Gasteiger partial charge is 0.465 e. The van der Waals surface area contributed by atoms with Crippen LogP contribution in [0.1, 0.15) is 48.5 Å². The summed E-state index contributed by atoms with van der Waals surface area (Å²) in [5.41, 5.74) is 4.05. The van der Waals surface area contributed by atoms with Crippen LogP contribution in [0.3, 0.4) is 0 Å². The van der Waals surface area contributed by atoms with Crippen molar-refractivity contribution in [1.82, 2.24) is 15.8 Å². The molecule has 0 saturated heterocycles. The summed E-state index contributed by atoms with van der Waals surface area (Å²) in [7, 11) is 0. The Hall–Kier alpha value is -1.34. The van der Waals surface area contributed by atoms with E-state index in [1.54, 1.807) is 27.7 Å². The number of rotatable bonds is 7. The lowest BCUT2D eigenvalue weighted by molar-refractivity contribution is -0.142. The van der Waals surface area contributed by atoms with Crippen molar-refractivity contribution in [3.63, 3.8) is 0 Å². The van der Waals surface area contributed by atoms with Gasteiger partial charge < -0.3 is 14.4 Å². The lowest BCUT2D eigenvalue weighted by Gasteiger charge is -2.19. The van der Waals surface area contributed by atoms with Crippen LogP contribution >= 0.6 is 0 Å². The van der Waals surface area contributed by atoms with Gasteiger partial charge in [-0.25, -0.2) is 10.2 Å². The third kappa shape index (κ3) is 16.7. The van der Waals surface area contributed by atoms with Crippen LogP contribution in [0.2, 0.25) is 0 Å². The minimum atomic E-state index is -0.633. The topological polar surface area (TPSA) is 79.9 Å². The third-order valence-corrected chi connectivity index (χ3v) is 2.47. The summed E-state index contributed by atoms with van der Waals surface area (Å²) in [6, 6.07) is 0. The van der Waals surface area contributed by atoms with E-state index in [-0.39, 0.29) is 6.54 Å². The molecule has 7 nitrogen and oxygen atoms in total. The predicted molar refractivity (Wildman–Crippen MR) is 87.5 cm³/mol. The quantitative estimate of drug-likeness (QED) is 0.551. The van der Waals surface area contributed by atoms with Gasteiger partial charge in [0.15, 0.2) is 0 Å². The molecule has 0 aliphatic rings. The Bertz CT molecular complexity index is 294. The van der Waals surface area contributed by atoms with Crippen molar-refractivity contribution < 1.29 is 19.1 Å². The molecule has 2 N–H and O–H groups in total. The van der Waals surface area contributed by atoms with E-state index in [1.807, 2.05) is 0 Å². The fourth-order valence-electron chi connectivity index (χ4n) is 1.37. The van der Waals surface area contributed by atoms with E-state index in [2.05, 4.69) is 41.3 Å². The summed E-state index contributed by atoms with van der Waals surface area (Å²) >= 11 is 0. The number of ether oxygens (including phenoxy) is 2. The zero-order valence-electron chi connectivity index (χ0n) is 15.1. The van der Waals surface area contributed by atoms with E-state index >= 15 is 0 Å². The molecule has 0 aromatic carbocycles. The molecule has 0 aliphatic heterocycles.